The number of carboxylic acids is 1. The van der Waals surface area contributed by atoms with Crippen LogP contribution in [0, 0.1) is 0 Å². The molecule has 142 valence electrons. The first kappa shape index (κ1) is 22.1. The molecule has 1 atom stereocenters. The Balaban J connectivity index is 3.95. The first-order valence-corrected chi connectivity index (χ1v) is 15.0. The van der Waals surface area contributed by atoms with Crippen molar-refractivity contribution in [2.75, 3.05) is 0 Å². The van der Waals surface area contributed by atoms with Gasteiger partial charge in [0.15, 0.2) is 6.10 Å². The molecule has 0 saturated heterocycles. The molecule has 2 N–H and O–H groups in total. The summed E-state index contributed by atoms with van der Waals surface area (Å²) in [5, 5.41) is 22.6. The molecule has 25 heavy (non-hydrogen) atoms. The molecule has 0 heterocycles. The highest BCUT2D eigenvalue weighted by Gasteiger charge is 2.46. The summed E-state index contributed by atoms with van der Waals surface area (Å²) in [5.74, 6) is -1.17. The van der Waals surface area contributed by atoms with Crippen molar-refractivity contribution in [3.63, 3.8) is 0 Å². The molecular formula is C20H36O3Si2. The number of aliphatic hydroxyl groups is 1. The largest absolute Gasteiger partial charge is 0.479 e. The van der Waals surface area contributed by atoms with Gasteiger partial charge in [-0.05, 0) is 15.6 Å². The number of carbonyl (C=O) groups is 1. The van der Waals surface area contributed by atoms with Gasteiger partial charge in [0.25, 0.3) is 0 Å². The van der Waals surface area contributed by atoms with Gasteiger partial charge in [0.1, 0.15) is 0 Å². The summed E-state index contributed by atoms with van der Waals surface area (Å²) < 4.78 is 0. The van der Waals surface area contributed by atoms with Crippen LogP contribution in [0.15, 0.2) is 18.2 Å². The van der Waals surface area contributed by atoms with Crippen molar-refractivity contribution in [2.45, 2.75) is 83.9 Å². The summed E-state index contributed by atoms with van der Waals surface area (Å²) in [7, 11) is -3.95. The van der Waals surface area contributed by atoms with E-state index in [0.717, 1.165) is 5.19 Å². The highest BCUT2D eigenvalue weighted by atomic mass is 28.3. The van der Waals surface area contributed by atoms with Crippen LogP contribution in [-0.4, -0.2) is 32.3 Å². The highest BCUT2D eigenvalue weighted by Crippen LogP contribution is 2.40. The van der Waals surface area contributed by atoms with Crippen molar-refractivity contribution in [1.29, 1.82) is 0 Å². The van der Waals surface area contributed by atoms with Crippen molar-refractivity contribution in [1.82, 2.24) is 0 Å². The van der Waals surface area contributed by atoms with Crippen LogP contribution < -0.4 is 10.4 Å². The van der Waals surface area contributed by atoms with Gasteiger partial charge in [-0.2, -0.15) is 0 Å². The molecule has 5 heteroatoms. The molecule has 0 radical (unpaired) electrons. The van der Waals surface area contributed by atoms with Crippen molar-refractivity contribution >= 4 is 32.5 Å². The molecule has 0 fully saturated rings. The Hall–Kier alpha value is -0.916. The van der Waals surface area contributed by atoms with E-state index in [9.17, 15) is 15.0 Å². The summed E-state index contributed by atoms with van der Waals surface area (Å²) in [4.78, 5) is 11.6. The maximum atomic E-state index is 11.6. The van der Waals surface area contributed by atoms with Crippen molar-refractivity contribution < 1.29 is 15.0 Å². The van der Waals surface area contributed by atoms with Crippen LogP contribution in [0.1, 0.15) is 53.2 Å². The first-order valence-electron chi connectivity index (χ1n) is 9.01. The minimum atomic E-state index is -2.06. The monoisotopic (exact) mass is 380 g/mol. The molecule has 0 aliphatic heterocycles. The highest BCUT2D eigenvalue weighted by molar-refractivity contribution is 7.01. The molecule has 3 nitrogen and oxygen atoms in total. The minimum absolute atomic E-state index is 0.0540. The number of aliphatic carboxylic acids is 1. The second-order valence-electron chi connectivity index (χ2n) is 10.3. The predicted octanol–water partition coefficient (Wildman–Crippen LogP) is 4.24. The average molecular weight is 381 g/mol. The molecule has 0 saturated carbocycles. The SMILES string of the molecule is CC(C)(C)[Si](C)(C)c1cccc(C(O)C(=O)O)c1[Si](C)(C)C(C)(C)C. The molecule has 0 bridgehead atoms. The lowest BCUT2D eigenvalue weighted by Gasteiger charge is -2.45. The Morgan fingerprint density at radius 2 is 1.36 bits per heavy atom. The lowest BCUT2D eigenvalue weighted by molar-refractivity contribution is -0.146. The molecule has 1 aromatic rings. The fourth-order valence-corrected chi connectivity index (χ4v) is 9.34. The van der Waals surface area contributed by atoms with Gasteiger partial charge in [-0.1, -0.05) is 96.3 Å². The lowest BCUT2D eigenvalue weighted by Crippen LogP contribution is -2.65. The summed E-state index contributed by atoms with van der Waals surface area (Å²) in [6.07, 6.45) is -1.46. The molecule has 1 unspecified atom stereocenters. The van der Waals surface area contributed by atoms with Gasteiger partial charge in [-0.25, -0.2) is 4.79 Å². The van der Waals surface area contributed by atoms with Crippen molar-refractivity contribution in [3.8, 4) is 0 Å². The lowest BCUT2D eigenvalue weighted by atomic mass is 10.1. The maximum Gasteiger partial charge on any atom is 0.337 e. The van der Waals surface area contributed by atoms with E-state index in [1.807, 2.05) is 12.1 Å². The van der Waals surface area contributed by atoms with Gasteiger partial charge in [-0.15, -0.1) is 0 Å². The van der Waals surface area contributed by atoms with Crippen LogP contribution in [0.2, 0.25) is 36.3 Å². The van der Waals surface area contributed by atoms with Crippen LogP contribution >= 0.6 is 0 Å². The standard InChI is InChI=1S/C20H36O3Si2/c1-19(2,3)24(7,8)15-13-11-12-14(16(21)18(22)23)17(15)25(9,10)20(4,5)6/h11-13,16,21H,1-10H3,(H,22,23). The third kappa shape index (κ3) is 3.93. The topological polar surface area (TPSA) is 57.5 Å². The maximum absolute atomic E-state index is 11.6. The van der Waals surface area contributed by atoms with E-state index in [4.69, 9.17) is 0 Å². The zero-order valence-electron chi connectivity index (χ0n) is 17.6. The first-order chi connectivity index (χ1) is 11.0. The Morgan fingerprint density at radius 1 is 0.920 bits per heavy atom. The molecule has 0 aromatic heterocycles. The Kier molecular flexibility index (Phi) is 5.90. The number of aliphatic hydroxyl groups excluding tert-OH is 1. The molecule has 0 spiro atoms. The normalized spacial score (nSPS) is 15.2. The van der Waals surface area contributed by atoms with E-state index in [-0.39, 0.29) is 10.1 Å². The molecule has 0 aliphatic carbocycles. The second kappa shape index (κ2) is 6.67. The van der Waals surface area contributed by atoms with Gasteiger partial charge in [-0.3, -0.25) is 0 Å². The number of rotatable bonds is 4. The summed E-state index contributed by atoms with van der Waals surface area (Å²) in [5.41, 5.74) is 0.599. The zero-order valence-corrected chi connectivity index (χ0v) is 19.6. The Labute approximate surface area is 155 Å². The number of hydrogen-bond acceptors (Lipinski definition) is 2. The molecular weight excluding hydrogens is 344 g/mol. The van der Waals surface area contributed by atoms with Crippen LogP contribution in [0.5, 0.6) is 0 Å². The van der Waals surface area contributed by atoms with Gasteiger partial charge in [0.2, 0.25) is 0 Å². The average Bonchev–Trinajstić information content (AvgIpc) is 2.42. The number of carboxylic acid groups (broad SMARTS) is 1. The fraction of sp³-hybridized carbons (Fsp3) is 0.650. The van der Waals surface area contributed by atoms with E-state index in [1.54, 1.807) is 0 Å². The van der Waals surface area contributed by atoms with Crippen LogP contribution in [-0.2, 0) is 4.79 Å². The smallest absolute Gasteiger partial charge is 0.337 e. The van der Waals surface area contributed by atoms with Crippen LogP contribution in [0.3, 0.4) is 0 Å². The quantitative estimate of drug-likeness (QED) is 0.768. The molecule has 1 aromatic carbocycles. The minimum Gasteiger partial charge on any atom is -0.479 e. The predicted molar refractivity (Wildman–Crippen MR) is 113 cm³/mol. The van der Waals surface area contributed by atoms with Crippen LogP contribution in [0.25, 0.3) is 0 Å². The van der Waals surface area contributed by atoms with E-state index in [1.165, 1.54) is 5.19 Å². The van der Waals surface area contributed by atoms with E-state index in [2.05, 4.69) is 73.8 Å². The third-order valence-electron chi connectivity index (χ3n) is 6.67. The zero-order chi connectivity index (χ0) is 20.0. The molecule has 0 amide bonds. The second-order valence-corrected chi connectivity index (χ2v) is 20.8. The van der Waals surface area contributed by atoms with E-state index in [0.29, 0.717) is 5.56 Å². The molecule has 0 aliphatic rings. The number of benzene rings is 1. The summed E-state index contributed by atoms with van der Waals surface area (Å²) >= 11 is 0. The summed E-state index contributed by atoms with van der Waals surface area (Å²) in [6.45, 7) is 22.8. The van der Waals surface area contributed by atoms with Crippen molar-refractivity contribution in [2.24, 2.45) is 0 Å². The van der Waals surface area contributed by atoms with E-state index >= 15 is 0 Å². The summed E-state index contributed by atoms with van der Waals surface area (Å²) in [6, 6.07) is 5.92. The van der Waals surface area contributed by atoms with Gasteiger partial charge < -0.3 is 10.2 Å². The van der Waals surface area contributed by atoms with Crippen LogP contribution in [0.4, 0.5) is 0 Å². The fourth-order valence-electron chi connectivity index (χ4n) is 2.93. The Morgan fingerprint density at radius 3 is 1.72 bits per heavy atom. The Bertz CT molecular complexity index is 650. The number of hydrogen-bond donors (Lipinski definition) is 2. The van der Waals surface area contributed by atoms with E-state index < -0.39 is 28.2 Å². The van der Waals surface area contributed by atoms with Gasteiger partial charge >= 0.3 is 5.97 Å². The van der Waals surface area contributed by atoms with Gasteiger partial charge in [0, 0.05) is 0 Å². The van der Waals surface area contributed by atoms with Crippen molar-refractivity contribution in [3.05, 3.63) is 23.8 Å². The molecule has 1 rings (SSSR count). The third-order valence-corrected chi connectivity index (χ3v) is 18.0. The van der Waals surface area contributed by atoms with Gasteiger partial charge in [0.05, 0.1) is 16.1 Å².